The van der Waals surface area contributed by atoms with E-state index < -0.39 is 0 Å². The molecule has 2 unspecified atom stereocenters. The molecule has 0 spiro atoms. The molecule has 0 fully saturated rings. The van der Waals surface area contributed by atoms with Gasteiger partial charge in [0.25, 0.3) is 0 Å². The molecule has 42 heavy (non-hydrogen) atoms. The summed E-state index contributed by atoms with van der Waals surface area (Å²) in [5.41, 5.74) is 0. The SMILES string of the molecule is CCCCCCCCCCC(COC(=O)C(CCCCCC)CCCCCCCC)OC(=O)CCCCCCN(C)C. The number of esters is 2. The van der Waals surface area contributed by atoms with E-state index in [1.54, 1.807) is 0 Å². The predicted molar refractivity (Wildman–Crippen MR) is 180 cm³/mol. The van der Waals surface area contributed by atoms with Crippen molar-refractivity contribution in [1.29, 1.82) is 0 Å². The Labute approximate surface area is 262 Å². The number of nitrogens with zero attached hydrogens (tertiary/aromatic N) is 1. The summed E-state index contributed by atoms with van der Waals surface area (Å²) >= 11 is 0. The topological polar surface area (TPSA) is 55.8 Å². The van der Waals surface area contributed by atoms with Crippen molar-refractivity contribution >= 4 is 11.9 Å². The van der Waals surface area contributed by atoms with Gasteiger partial charge in [-0.1, -0.05) is 143 Å². The normalized spacial score (nSPS) is 12.9. The first-order valence-corrected chi connectivity index (χ1v) is 18.4. The summed E-state index contributed by atoms with van der Waals surface area (Å²) < 4.78 is 11.8. The van der Waals surface area contributed by atoms with Crippen molar-refractivity contribution in [1.82, 2.24) is 4.90 Å². The molecule has 0 aromatic carbocycles. The Morgan fingerprint density at radius 1 is 0.548 bits per heavy atom. The molecule has 0 saturated carbocycles. The molecule has 5 heteroatoms. The fourth-order valence-corrected chi connectivity index (χ4v) is 5.64. The van der Waals surface area contributed by atoms with Gasteiger partial charge in [-0.05, 0) is 59.2 Å². The molecular formula is C37H73NO4. The molecule has 0 heterocycles. The van der Waals surface area contributed by atoms with Gasteiger partial charge in [0, 0.05) is 6.42 Å². The fraction of sp³-hybridized carbons (Fsp3) is 0.946. The molecule has 0 rings (SSSR count). The molecule has 0 saturated heterocycles. The van der Waals surface area contributed by atoms with Crippen LogP contribution in [0.25, 0.3) is 0 Å². The van der Waals surface area contributed by atoms with Gasteiger partial charge >= 0.3 is 11.9 Å². The van der Waals surface area contributed by atoms with Crippen LogP contribution in [0.4, 0.5) is 0 Å². The Bertz CT molecular complexity index is 594. The van der Waals surface area contributed by atoms with Gasteiger partial charge in [0.05, 0.1) is 5.92 Å². The first-order valence-electron chi connectivity index (χ1n) is 18.4. The molecular weight excluding hydrogens is 522 g/mol. The summed E-state index contributed by atoms with van der Waals surface area (Å²) in [6.07, 6.45) is 29.1. The first-order chi connectivity index (χ1) is 20.4. The zero-order valence-corrected chi connectivity index (χ0v) is 29.0. The van der Waals surface area contributed by atoms with Crippen LogP contribution in [0.3, 0.4) is 0 Å². The van der Waals surface area contributed by atoms with Gasteiger partial charge < -0.3 is 14.4 Å². The van der Waals surface area contributed by atoms with E-state index in [1.807, 2.05) is 0 Å². The van der Waals surface area contributed by atoms with E-state index in [0.717, 1.165) is 77.2 Å². The minimum absolute atomic E-state index is 0.0188. The summed E-state index contributed by atoms with van der Waals surface area (Å²) in [5, 5.41) is 0. The van der Waals surface area contributed by atoms with Crippen LogP contribution < -0.4 is 0 Å². The summed E-state index contributed by atoms with van der Waals surface area (Å²) in [7, 11) is 4.19. The smallest absolute Gasteiger partial charge is 0.309 e. The molecule has 0 amide bonds. The molecule has 5 nitrogen and oxygen atoms in total. The third kappa shape index (κ3) is 27.7. The van der Waals surface area contributed by atoms with Crippen LogP contribution in [0.5, 0.6) is 0 Å². The zero-order valence-electron chi connectivity index (χ0n) is 29.0. The Morgan fingerprint density at radius 2 is 0.976 bits per heavy atom. The molecule has 0 aliphatic carbocycles. The van der Waals surface area contributed by atoms with Gasteiger partial charge in [-0.25, -0.2) is 0 Å². The molecule has 0 aromatic rings. The average Bonchev–Trinajstić information content (AvgIpc) is 2.97. The minimum Gasteiger partial charge on any atom is -0.462 e. The second-order valence-corrected chi connectivity index (χ2v) is 13.1. The minimum atomic E-state index is -0.315. The average molecular weight is 596 g/mol. The Morgan fingerprint density at radius 3 is 1.50 bits per heavy atom. The summed E-state index contributed by atoms with van der Waals surface area (Å²) in [6.45, 7) is 8.03. The van der Waals surface area contributed by atoms with E-state index in [4.69, 9.17) is 9.47 Å². The molecule has 0 aromatic heterocycles. The summed E-state index contributed by atoms with van der Waals surface area (Å²) in [6, 6.07) is 0. The van der Waals surface area contributed by atoms with Crippen molar-refractivity contribution in [2.75, 3.05) is 27.2 Å². The lowest BCUT2D eigenvalue weighted by Crippen LogP contribution is -2.28. The van der Waals surface area contributed by atoms with Crippen molar-refractivity contribution in [2.24, 2.45) is 5.92 Å². The molecule has 0 N–H and O–H groups in total. The van der Waals surface area contributed by atoms with Crippen LogP contribution in [0, 0.1) is 5.92 Å². The third-order valence-corrected chi connectivity index (χ3v) is 8.47. The third-order valence-electron chi connectivity index (χ3n) is 8.47. The standard InChI is InChI=1S/C37H73NO4/c1-6-9-12-15-17-18-20-25-30-35(42-36(39)31-26-21-22-27-32-38(4)5)33-41-37(40)34(28-23-14-11-8-3)29-24-19-16-13-10-7-2/h34-35H,6-33H2,1-5H3. The maximum absolute atomic E-state index is 13.2. The zero-order chi connectivity index (χ0) is 31.1. The van der Waals surface area contributed by atoms with Crippen molar-refractivity contribution in [3.63, 3.8) is 0 Å². The van der Waals surface area contributed by atoms with Crippen LogP contribution in [0.15, 0.2) is 0 Å². The van der Waals surface area contributed by atoms with Crippen LogP contribution in [-0.4, -0.2) is 50.2 Å². The van der Waals surface area contributed by atoms with E-state index >= 15 is 0 Å². The predicted octanol–water partition coefficient (Wildman–Crippen LogP) is 10.8. The Balaban J connectivity index is 4.78. The van der Waals surface area contributed by atoms with Crippen molar-refractivity contribution < 1.29 is 19.1 Å². The number of carbonyl (C=O) groups excluding carboxylic acids is 2. The maximum Gasteiger partial charge on any atom is 0.309 e. The first kappa shape index (κ1) is 40.9. The number of ether oxygens (including phenoxy) is 2. The molecule has 0 aliphatic heterocycles. The molecule has 0 aliphatic rings. The highest BCUT2D eigenvalue weighted by Gasteiger charge is 2.22. The van der Waals surface area contributed by atoms with Crippen molar-refractivity contribution in [2.45, 2.75) is 194 Å². The van der Waals surface area contributed by atoms with Crippen molar-refractivity contribution in [3.8, 4) is 0 Å². The van der Waals surface area contributed by atoms with Crippen LogP contribution in [0.2, 0.25) is 0 Å². The lowest BCUT2D eigenvalue weighted by molar-refractivity contribution is -0.162. The van der Waals surface area contributed by atoms with Gasteiger partial charge in [-0.2, -0.15) is 0 Å². The highest BCUT2D eigenvalue weighted by Crippen LogP contribution is 2.21. The van der Waals surface area contributed by atoms with E-state index in [2.05, 4.69) is 39.8 Å². The number of rotatable bonds is 32. The second-order valence-electron chi connectivity index (χ2n) is 13.1. The Hall–Kier alpha value is -1.10. The van der Waals surface area contributed by atoms with Gasteiger partial charge in [0.15, 0.2) is 0 Å². The van der Waals surface area contributed by atoms with Gasteiger partial charge in [-0.3, -0.25) is 9.59 Å². The van der Waals surface area contributed by atoms with E-state index in [1.165, 1.54) is 89.9 Å². The van der Waals surface area contributed by atoms with E-state index in [0.29, 0.717) is 6.42 Å². The van der Waals surface area contributed by atoms with Gasteiger partial charge in [-0.15, -0.1) is 0 Å². The second kappa shape index (κ2) is 31.3. The number of hydrogen-bond acceptors (Lipinski definition) is 5. The summed E-state index contributed by atoms with van der Waals surface area (Å²) in [4.78, 5) is 28.1. The lowest BCUT2D eigenvalue weighted by atomic mass is 9.94. The Kier molecular flexibility index (Phi) is 30.5. The quantitative estimate of drug-likeness (QED) is 0.0572. The molecule has 2 atom stereocenters. The van der Waals surface area contributed by atoms with Crippen LogP contribution >= 0.6 is 0 Å². The molecule has 0 bridgehead atoms. The number of carbonyl (C=O) groups is 2. The van der Waals surface area contributed by atoms with E-state index in [9.17, 15) is 9.59 Å². The molecule has 0 radical (unpaired) electrons. The van der Waals surface area contributed by atoms with E-state index in [-0.39, 0.29) is 30.6 Å². The van der Waals surface area contributed by atoms with Crippen LogP contribution in [0.1, 0.15) is 188 Å². The monoisotopic (exact) mass is 596 g/mol. The number of unbranched alkanes of at least 4 members (excludes halogenated alkanes) is 18. The highest BCUT2D eigenvalue weighted by atomic mass is 16.6. The fourth-order valence-electron chi connectivity index (χ4n) is 5.64. The van der Waals surface area contributed by atoms with Crippen molar-refractivity contribution in [3.05, 3.63) is 0 Å². The highest BCUT2D eigenvalue weighted by molar-refractivity contribution is 5.72. The largest absolute Gasteiger partial charge is 0.462 e. The summed E-state index contributed by atoms with van der Waals surface area (Å²) in [5.74, 6) is -0.223. The van der Waals surface area contributed by atoms with Gasteiger partial charge in [0.1, 0.15) is 12.7 Å². The maximum atomic E-state index is 13.2. The lowest BCUT2D eigenvalue weighted by Gasteiger charge is -2.21. The van der Waals surface area contributed by atoms with Crippen LogP contribution in [-0.2, 0) is 19.1 Å². The molecule has 250 valence electrons. The number of hydrogen-bond donors (Lipinski definition) is 0. The van der Waals surface area contributed by atoms with Gasteiger partial charge in [0.2, 0.25) is 0 Å².